The molecule has 2 heteroatoms. The minimum absolute atomic E-state index is 0.294. The van der Waals surface area contributed by atoms with E-state index in [4.69, 9.17) is 0 Å². The molecule has 1 aromatic carbocycles. The van der Waals surface area contributed by atoms with Gasteiger partial charge in [0.15, 0.2) is 5.78 Å². The molecule has 0 aliphatic heterocycles. The minimum Gasteiger partial charge on any atom is -0.294 e. The van der Waals surface area contributed by atoms with E-state index in [1.54, 1.807) is 0 Å². The molecule has 1 nitrogen and oxygen atoms in total. The molecule has 20 heavy (non-hydrogen) atoms. The lowest BCUT2D eigenvalue weighted by atomic mass is 9.82. The summed E-state index contributed by atoms with van der Waals surface area (Å²) in [6.07, 6.45) is 1.45. The lowest BCUT2D eigenvalue weighted by molar-refractivity contribution is 0.0987. The molecule has 1 unspecified atom stereocenters. The fourth-order valence-corrected chi connectivity index (χ4v) is 2.80. The molecule has 1 aromatic rings. The first-order valence-corrected chi connectivity index (χ1v) is 8.52. The topological polar surface area (TPSA) is 17.1 Å². The van der Waals surface area contributed by atoms with Crippen LogP contribution < -0.4 is 0 Å². The van der Waals surface area contributed by atoms with Gasteiger partial charge in [0, 0.05) is 12.0 Å². The predicted octanol–water partition coefficient (Wildman–Crippen LogP) is 5.50. The zero-order valence-electron chi connectivity index (χ0n) is 13.8. The number of Topliss-reactive ketones (excluding diaryl/α,β-unsaturated/α-hetero) is 1. The molecule has 0 N–H and O–H groups in total. The Bertz CT molecular complexity index is 443. The molecule has 0 saturated heterocycles. The molecule has 112 valence electrons. The van der Waals surface area contributed by atoms with Gasteiger partial charge in [-0.3, -0.25) is 4.79 Å². The molecule has 0 heterocycles. The molecule has 0 aromatic heterocycles. The number of carbonyl (C=O) groups is 1. The quantitative estimate of drug-likeness (QED) is 0.499. The summed E-state index contributed by atoms with van der Waals surface area (Å²) in [5.41, 5.74) is 4.79. The van der Waals surface area contributed by atoms with E-state index in [0.29, 0.717) is 30.0 Å². The first-order valence-electron chi connectivity index (χ1n) is 7.70. The molecule has 0 aliphatic carbocycles. The van der Waals surface area contributed by atoms with E-state index in [-0.39, 0.29) is 0 Å². The maximum absolute atomic E-state index is 12.6. The van der Waals surface area contributed by atoms with Crippen molar-refractivity contribution in [3.8, 4) is 0 Å². The molecule has 0 radical (unpaired) electrons. The average Bonchev–Trinajstić information content (AvgIpc) is 2.36. The number of hydrogen-bond donors (Lipinski definition) is 0. The molecular weight excluding hydrogens is 263 g/mol. The Morgan fingerprint density at radius 1 is 0.950 bits per heavy atom. The Labute approximate surface area is 126 Å². The first kappa shape index (κ1) is 17.4. The Morgan fingerprint density at radius 2 is 1.40 bits per heavy atom. The molecule has 0 fully saturated rings. The standard InChI is InChI=1S/C18H29OP/c1-11(2)14-9-15(12(3)4)18(17(19)7-8-20)16(10-14)13(5)6/h9-13H,7-8,20H2,1-6H3. The van der Waals surface area contributed by atoms with Crippen LogP contribution in [0.4, 0.5) is 0 Å². The van der Waals surface area contributed by atoms with Gasteiger partial charge < -0.3 is 0 Å². The van der Waals surface area contributed by atoms with Crippen LogP contribution in [0.15, 0.2) is 12.1 Å². The minimum atomic E-state index is 0.294. The fraction of sp³-hybridized carbons (Fsp3) is 0.611. The molecule has 0 bridgehead atoms. The monoisotopic (exact) mass is 292 g/mol. The average molecular weight is 292 g/mol. The van der Waals surface area contributed by atoms with E-state index in [1.807, 2.05) is 0 Å². The smallest absolute Gasteiger partial charge is 0.163 e. The van der Waals surface area contributed by atoms with E-state index >= 15 is 0 Å². The van der Waals surface area contributed by atoms with Gasteiger partial charge in [-0.05, 0) is 40.6 Å². The van der Waals surface area contributed by atoms with Crippen molar-refractivity contribution in [3.63, 3.8) is 0 Å². The number of carbonyl (C=O) groups excluding carboxylic acids is 1. The fourth-order valence-electron chi connectivity index (χ4n) is 2.53. The maximum atomic E-state index is 12.6. The maximum Gasteiger partial charge on any atom is 0.163 e. The van der Waals surface area contributed by atoms with Crippen LogP contribution in [0.1, 0.15) is 92.8 Å². The highest BCUT2D eigenvalue weighted by Gasteiger charge is 2.21. The van der Waals surface area contributed by atoms with Crippen molar-refractivity contribution in [2.24, 2.45) is 0 Å². The van der Waals surface area contributed by atoms with Gasteiger partial charge in [0.25, 0.3) is 0 Å². The van der Waals surface area contributed by atoms with Gasteiger partial charge in [-0.1, -0.05) is 53.7 Å². The summed E-state index contributed by atoms with van der Waals surface area (Å²) in [5.74, 6) is 1.56. The van der Waals surface area contributed by atoms with Gasteiger partial charge >= 0.3 is 0 Å². The van der Waals surface area contributed by atoms with Crippen LogP contribution in [0.3, 0.4) is 0 Å². The molecule has 1 rings (SSSR count). The highest BCUT2D eigenvalue weighted by molar-refractivity contribution is 7.16. The van der Waals surface area contributed by atoms with Gasteiger partial charge in [-0.25, -0.2) is 0 Å². The normalized spacial score (nSPS) is 11.7. The Morgan fingerprint density at radius 3 is 1.70 bits per heavy atom. The first-order chi connectivity index (χ1) is 9.29. The van der Waals surface area contributed by atoms with Gasteiger partial charge in [0.1, 0.15) is 0 Å². The number of benzene rings is 1. The van der Waals surface area contributed by atoms with Gasteiger partial charge in [-0.2, -0.15) is 0 Å². The molecule has 0 saturated carbocycles. The van der Waals surface area contributed by atoms with Gasteiger partial charge in [0.05, 0.1) is 0 Å². The highest BCUT2D eigenvalue weighted by Crippen LogP contribution is 2.32. The zero-order valence-corrected chi connectivity index (χ0v) is 14.9. The van der Waals surface area contributed by atoms with Crippen molar-refractivity contribution in [3.05, 3.63) is 34.4 Å². The Hall–Kier alpha value is -0.680. The third kappa shape index (κ3) is 3.92. The van der Waals surface area contributed by atoms with Gasteiger partial charge in [-0.15, -0.1) is 9.24 Å². The third-order valence-corrected chi connectivity index (χ3v) is 4.07. The summed E-state index contributed by atoms with van der Waals surface area (Å²) >= 11 is 0. The van der Waals surface area contributed by atoms with E-state index in [9.17, 15) is 4.79 Å². The van der Waals surface area contributed by atoms with Crippen LogP contribution in [0, 0.1) is 0 Å². The SMILES string of the molecule is CC(C)c1cc(C(C)C)c(C(=O)CCP)c(C(C)C)c1. The third-order valence-electron chi connectivity index (χ3n) is 3.78. The summed E-state index contributed by atoms with van der Waals surface area (Å²) in [7, 11) is 2.66. The predicted molar refractivity (Wildman–Crippen MR) is 92.2 cm³/mol. The van der Waals surface area contributed by atoms with Crippen molar-refractivity contribution in [1.82, 2.24) is 0 Å². The molecule has 0 amide bonds. The highest BCUT2D eigenvalue weighted by atomic mass is 31.0. The van der Waals surface area contributed by atoms with E-state index < -0.39 is 0 Å². The van der Waals surface area contributed by atoms with Gasteiger partial charge in [0.2, 0.25) is 0 Å². The molecule has 0 spiro atoms. The second kappa shape index (κ2) is 7.36. The van der Waals surface area contributed by atoms with E-state index in [2.05, 4.69) is 62.9 Å². The molecular formula is C18H29OP. The summed E-state index contributed by atoms with van der Waals surface area (Å²) in [5, 5.41) is 0. The Kier molecular flexibility index (Phi) is 6.40. The van der Waals surface area contributed by atoms with Crippen molar-refractivity contribution in [1.29, 1.82) is 0 Å². The van der Waals surface area contributed by atoms with Crippen LogP contribution in [0.25, 0.3) is 0 Å². The lowest BCUT2D eigenvalue weighted by Gasteiger charge is -2.22. The zero-order chi connectivity index (χ0) is 15.4. The van der Waals surface area contributed by atoms with E-state index in [0.717, 1.165) is 11.7 Å². The summed E-state index contributed by atoms with van der Waals surface area (Å²) in [6.45, 7) is 13.2. The summed E-state index contributed by atoms with van der Waals surface area (Å²) in [6, 6.07) is 4.49. The van der Waals surface area contributed by atoms with Crippen molar-refractivity contribution >= 4 is 15.0 Å². The van der Waals surface area contributed by atoms with Crippen LogP contribution in [0.2, 0.25) is 0 Å². The van der Waals surface area contributed by atoms with Crippen LogP contribution >= 0.6 is 9.24 Å². The number of hydrogen-bond acceptors (Lipinski definition) is 1. The number of ketones is 1. The lowest BCUT2D eigenvalue weighted by Crippen LogP contribution is -2.12. The van der Waals surface area contributed by atoms with Crippen LogP contribution in [-0.2, 0) is 0 Å². The molecule has 0 aliphatic rings. The van der Waals surface area contributed by atoms with Crippen LogP contribution in [0.5, 0.6) is 0 Å². The van der Waals surface area contributed by atoms with Crippen molar-refractivity contribution in [2.75, 3.05) is 6.16 Å². The molecule has 1 atom stereocenters. The van der Waals surface area contributed by atoms with Crippen molar-refractivity contribution < 1.29 is 4.79 Å². The second-order valence-electron chi connectivity index (χ2n) is 6.50. The summed E-state index contributed by atoms with van der Waals surface area (Å²) in [4.78, 5) is 12.6. The number of rotatable bonds is 6. The Balaban J connectivity index is 3.55. The van der Waals surface area contributed by atoms with Crippen LogP contribution in [-0.4, -0.2) is 11.9 Å². The summed E-state index contributed by atoms with van der Waals surface area (Å²) < 4.78 is 0. The largest absolute Gasteiger partial charge is 0.294 e. The van der Waals surface area contributed by atoms with E-state index in [1.165, 1.54) is 16.7 Å². The second-order valence-corrected chi connectivity index (χ2v) is 7.08. The van der Waals surface area contributed by atoms with Crippen molar-refractivity contribution in [2.45, 2.75) is 65.7 Å².